The van der Waals surface area contributed by atoms with Gasteiger partial charge in [0.2, 0.25) is 5.91 Å². The van der Waals surface area contributed by atoms with E-state index in [4.69, 9.17) is 11.6 Å². The van der Waals surface area contributed by atoms with Crippen LogP contribution in [0.4, 0.5) is 5.69 Å². The number of piperidine rings is 1. The highest BCUT2D eigenvalue weighted by molar-refractivity contribution is 6.30. The first-order chi connectivity index (χ1) is 14.0. The predicted molar refractivity (Wildman–Crippen MR) is 113 cm³/mol. The molecule has 6 nitrogen and oxygen atoms in total. The van der Waals surface area contributed by atoms with Gasteiger partial charge in [-0.25, -0.2) is 0 Å². The van der Waals surface area contributed by atoms with Crippen LogP contribution >= 0.6 is 11.6 Å². The molecule has 0 unspecified atom stereocenters. The number of carbonyl (C=O) groups is 3. The van der Waals surface area contributed by atoms with E-state index in [1.54, 1.807) is 53.4 Å². The summed E-state index contributed by atoms with van der Waals surface area (Å²) in [7, 11) is 0. The molecule has 2 N–H and O–H groups in total. The van der Waals surface area contributed by atoms with Crippen LogP contribution in [0.25, 0.3) is 0 Å². The summed E-state index contributed by atoms with van der Waals surface area (Å²) in [6.45, 7) is 3.55. The monoisotopic (exact) mass is 413 g/mol. The molecule has 0 aliphatic carbocycles. The summed E-state index contributed by atoms with van der Waals surface area (Å²) in [5.41, 5.74) is 1.63. The number of anilines is 1. The molecule has 0 spiro atoms. The number of halogens is 1. The minimum absolute atomic E-state index is 0.00487. The second-order valence-corrected chi connectivity index (χ2v) is 7.46. The van der Waals surface area contributed by atoms with Crippen LogP contribution in [0, 0.1) is 5.92 Å². The van der Waals surface area contributed by atoms with Gasteiger partial charge >= 0.3 is 0 Å². The van der Waals surface area contributed by atoms with Crippen molar-refractivity contribution in [3.63, 3.8) is 0 Å². The van der Waals surface area contributed by atoms with Gasteiger partial charge in [0.1, 0.15) is 0 Å². The lowest BCUT2D eigenvalue weighted by Crippen LogP contribution is -2.45. The van der Waals surface area contributed by atoms with E-state index in [1.165, 1.54) is 0 Å². The summed E-state index contributed by atoms with van der Waals surface area (Å²) in [6.07, 6.45) is 1.61. The molecule has 1 atom stereocenters. The van der Waals surface area contributed by atoms with Crippen molar-refractivity contribution in [2.24, 2.45) is 5.92 Å². The van der Waals surface area contributed by atoms with Crippen LogP contribution in [0.5, 0.6) is 0 Å². The number of hydrogen-bond donors (Lipinski definition) is 2. The Morgan fingerprint density at radius 3 is 2.34 bits per heavy atom. The molecule has 7 heteroatoms. The summed E-state index contributed by atoms with van der Waals surface area (Å²) < 4.78 is 0. The van der Waals surface area contributed by atoms with E-state index in [0.717, 1.165) is 12.8 Å². The average Bonchev–Trinajstić information content (AvgIpc) is 2.74. The number of nitrogens with one attached hydrogen (secondary N) is 2. The van der Waals surface area contributed by atoms with Crippen LogP contribution in [0.2, 0.25) is 5.02 Å². The highest BCUT2D eigenvalue weighted by atomic mass is 35.5. The summed E-state index contributed by atoms with van der Waals surface area (Å²) in [5, 5.41) is 6.20. The smallest absolute Gasteiger partial charge is 0.255 e. The fourth-order valence-electron chi connectivity index (χ4n) is 3.38. The van der Waals surface area contributed by atoms with Gasteiger partial charge < -0.3 is 15.5 Å². The van der Waals surface area contributed by atoms with Gasteiger partial charge in [0.15, 0.2) is 0 Å². The Bertz CT molecular complexity index is 881. The number of carbonyl (C=O) groups excluding carboxylic acids is 3. The zero-order valence-corrected chi connectivity index (χ0v) is 17.0. The Morgan fingerprint density at radius 1 is 1.03 bits per heavy atom. The van der Waals surface area contributed by atoms with E-state index < -0.39 is 0 Å². The van der Waals surface area contributed by atoms with Crippen LogP contribution in [0.3, 0.4) is 0 Å². The number of likely N-dealkylation sites (tertiary alicyclic amines) is 1. The van der Waals surface area contributed by atoms with Gasteiger partial charge in [-0.3, -0.25) is 14.4 Å². The molecule has 2 aromatic carbocycles. The molecule has 0 radical (unpaired) electrons. The molecule has 1 fully saturated rings. The van der Waals surface area contributed by atoms with Crippen molar-refractivity contribution in [1.82, 2.24) is 10.2 Å². The van der Waals surface area contributed by atoms with Gasteiger partial charge in [-0.15, -0.1) is 0 Å². The summed E-state index contributed by atoms with van der Waals surface area (Å²) in [6, 6.07) is 13.4. The third kappa shape index (κ3) is 5.35. The van der Waals surface area contributed by atoms with Crippen molar-refractivity contribution in [2.45, 2.75) is 19.8 Å². The quantitative estimate of drug-likeness (QED) is 0.786. The predicted octanol–water partition coefficient (Wildman–Crippen LogP) is 3.58. The zero-order valence-electron chi connectivity index (χ0n) is 16.3. The normalized spacial score (nSPS) is 16.2. The van der Waals surface area contributed by atoms with Crippen LogP contribution in [0.1, 0.15) is 40.5 Å². The molecule has 0 bridgehead atoms. The van der Waals surface area contributed by atoms with Gasteiger partial charge in [-0.05, 0) is 68.3 Å². The Hall–Kier alpha value is -2.86. The molecule has 1 aliphatic rings. The maximum Gasteiger partial charge on any atom is 0.255 e. The molecule has 1 heterocycles. The minimum Gasteiger partial charge on any atom is -0.356 e. The first-order valence-electron chi connectivity index (χ1n) is 9.72. The van der Waals surface area contributed by atoms with Crippen molar-refractivity contribution < 1.29 is 14.4 Å². The van der Waals surface area contributed by atoms with Gasteiger partial charge in [-0.2, -0.15) is 0 Å². The third-order valence-corrected chi connectivity index (χ3v) is 5.18. The van der Waals surface area contributed by atoms with E-state index >= 15 is 0 Å². The Kier molecular flexibility index (Phi) is 6.88. The SMILES string of the molecule is CCNC(=O)[C@@H]1CCCN(C(=O)c2ccc(NC(=O)c3ccc(Cl)cc3)cc2)C1. The number of benzene rings is 2. The molecule has 1 aliphatic heterocycles. The first kappa shape index (κ1) is 20.9. The number of rotatable bonds is 5. The molecule has 152 valence electrons. The highest BCUT2D eigenvalue weighted by Crippen LogP contribution is 2.20. The van der Waals surface area contributed by atoms with Gasteiger partial charge in [0.25, 0.3) is 11.8 Å². The van der Waals surface area contributed by atoms with E-state index in [-0.39, 0.29) is 23.6 Å². The largest absolute Gasteiger partial charge is 0.356 e. The third-order valence-electron chi connectivity index (χ3n) is 4.93. The standard InChI is InChI=1S/C22H24ClN3O3/c1-2-24-20(27)17-4-3-13-26(14-17)22(29)16-7-11-19(12-8-16)25-21(28)15-5-9-18(23)10-6-15/h5-12,17H,2-4,13-14H2,1H3,(H,24,27)(H,25,28)/t17-/m1/s1. The van der Waals surface area contributed by atoms with Gasteiger partial charge in [0, 0.05) is 41.5 Å². The topological polar surface area (TPSA) is 78.5 Å². The van der Waals surface area contributed by atoms with Crippen molar-refractivity contribution in [3.8, 4) is 0 Å². The molecular weight excluding hydrogens is 390 g/mol. The van der Waals surface area contributed by atoms with Crippen LogP contribution in [-0.2, 0) is 4.79 Å². The molecule has 2 aromatic rings. The average molecular weight is 414 g/mol. The first-order valence-corrected chi connectivity index (χ1v) is 10.1. The second-order valence-electron chi connectivity index (χ2n) is 7.02. The lowest BCUT2D eigenvalue weighted by molar-refractivity contribution is -0.126. The lowest BCUT2D eigenvalue weighted by atomic mass is 9.96. The maximum absolute atomic E-state index is 12.8. The van der Waals surface area contributed by atoms with Gasteiger partial charge in [-0.1, -0.05) is 11.6 Å². The van der Waals surface area contributed by atoms with E-state index in [1.807, 2.05) is 6.92 Å². The Labute approximate surface area is 175 Å². The number of hydrogen-bond acceptors (Lipinski definition) is 3. The summed E-state index contributed by atoms with van der Waals surface area (Å²) >= 11 is 5.84. The molecule has 29 heavy (non-hydrogen) atoms. The fraction of sp³-hybridized carbons (Fsp3) is 0.318. The molecular formula is C22H24ClN3O3. The van der Waals surface area contributed by atoms with Gasteiger partial charge in [0.05, 0.1) is 5.92 Å². The molecule has 0 saturated carbocycles. The van der Waals surface area contributed by atoms with E-state index in [0.29, 0.717) is 41.5 Å². The molecule has 3 rings (SSSR count). The number of amides is 3. The fourth-order valence-corrected chi connectivity index (χ4v) is 3.50. The van der Waals surface area contributed by atoms with Crippen LogP contribution in [0.15, 0.2) is 48.5 Å². The maximum atomic E-state index is 12.8. The Morgan fingerprint density at radius 2 is 1.69 bits per heavy atom. The lowest BCUT2D eigenvalue weighted by Gasteiger charge is -2.32. The van der Waals surface area contributed by atoms with Crippen LogP contribution in [-0.4, -0.2) is 42.3 Å². The molecule has 1 saturated heterocycles. The van der Waals surface area contributed by atoms with E-state index in [9.17, 15) is 14.4 Å². The summed E-state index contributed by atoms with van der Waals surface area (Å²) in [5.74, 6) is -0.507. The van der Waals surface area contributed by atoms with Crippen molar-refractivity contribution in [1.29, 1.82) is 0 Å². The van der Waals surface area contributed by atoms with Crippen molar-refractivity contribution in [2.75, 3.05) is 25.0 Å². The Balaban J connectivity index is 1.61. The molecule has 0 aromatic heterocycles. The van der Waals surface area contributed by atoms with Crippen molar-refractivity contribution in [3.05, 3.63) is 64.7 Å². The van der Waals surface area contributed by atoms with E-state index in [2.05, 4.69) is 10.6 Å². The minimum atomic E-state index is -0.249. The van der Waals surface area contributed by atoms with Crippen LogP contribution < -0.4 is 10.6 Å². The summed E-state index contributed by atoms with van der Waals surface area (Å²) in [4.78, 5) is 38.9. The second kappa shape index (κ2) is 9.56. The number of nitrogens with zero attached hydrogens (tertiary/aromatic N) is 1. The highest BCUT2D eigenvalue weighted by Gasteiger charge is 2.28. The zero-order chi connectivity index (χ0) is 20.8. The molecule has 3 amide bonds. The van der Waals surface area contributed by atoms with Crippen molar-refractivity contribution >= 4 is 35.0 Å².